The minimum atomic E-state index is 0.346. The van der Waals surface area contributed by atoms with Gasteiger partial charge in [0, 0.05) is 22.8 Å². The van der Waals surface area contributed by atoms with Gasteiger partial charge < -0.3 is 4.90 Å². The molecule has 0 amide bonds. The van der Waals surface area contributed by atoms with Gasteiger partial charge in [0.2, 0.25) is 0 Å². The summed E-state index contributed by atoms with van der Waals surface area (Å²) in [6.45, 7) is 6.68. The summed E-state index contributed by atoms with van der Waals surface area (Å²) < 4.78 is 0. The zero-order chi connectivity index (χ0) is 21.1. The SMILES string of the molecule is Cc1ccc(N(c2ccc3c4cccc5cccc(c6cccc2c63)c54)C(C)C)cc1. The summed E-state index contributed by atoms with van der Waals surface area (Å²) >= 11 is 0. The van der Waals surface area contributed by atoms with Crippen molar-refractivity contribution in [3.8, 4) is 0 Å². The smallest absolute Gasteiger partial charge is 0.0493 e. The molecule has 0 bridgehead atoms. The van der Waals surface area contributed by atoms with Gasteiger partial charge in [-0.15, -0.1) is 0 Å². The molecule has 0 heterocycles. The minimum Gasteiger partial charge on any atom is -0.338 e. The van der Waals surface area contributed by atoms with Gasteiger partial charge in [-0.25, -0.2) is 0 Å². The maximum atomic E-state index is 2.46. The lowest BCUT2D eigenvalue weighted by Gasteiger charge is -2.31. The summed E-state index contributed by atoms with van der Waals surface area (Å²) in [5.41, 5.74) is 3.79. The second-order valence-corrected chi connectivity index (χ2v) is 8.87. The van der Waals surface area contributed by atoms with Crippen LogP contribution in [-0.4, -0.2) is 6.04 Å². The topological polar surface area (TPSA) is 3.24 Å². The summed E-state index contributed by atoms with van der Waals surface area (Å²) in [6.07, 6.45) is 0. The fourth-order valence-corrected chi connectivity index (χ4v) is 5.26. The predicted molar refractivity (Wildman–Crippen MR) is 136 cm³/mol. The second-order valence-electron chi connectivity index (χ2n) is 8.87. The van der Waals surface area contributed by atoms with E-state index in [-0.39, 0.29) is 0 Å². The largest absolute Gasteiger partial charge is 0.338 e. The highest BCUT2D eigenvalue weighted by Crippen LogP contribution is 2.44. The van der Waals surface area contributed by atoms with E-state index in [9.17, 15) is 0 Å². The summed E-state index contributed by atoms with van der Waals surface area (Å²) in [6, 6.07) is 34.0. The van der Waals surface area contributed by atoms with Gasteiger partial charge >= 0.3 is 0 Å². The number of nitrogens with zero attached hydrogens (tertiary/aromatic N) is 1. The summed E-state index contributed by atoms with van der Waals surface area (Å²) in [5, 5.41) is 10.7. The van der Waals surface area contributed by atoms with E-state index in [4.69, 9.17) is 0 Å². The molecular weight excluding hydrogens is 374 g/mol. The Bertz CT molecular complexity index is 1510. The monoisotopic (exact) mass is 399 g/mol. The van der Waals surface area contributed by atoms with E-state index in [0.29, 0.717) is 6.04 Å². The van der Waals surface area contributed by atoms with Crippen molar-refractivity contribution in [1.82, 2.24) is 0 Å². The summed E-state index contributed by atoms with van der Waals surface area (Å²) in [5.74, 6) is 0. The lowest BCUT2D eigenvalue weighted by Crippen LogP contribution is -2.25. The van der Waals surface area contributed by atoms with Gasteiger partial charge in [-0.3, -0.25) is 0 Å². The first-order valence-corrected chi connectivity index (χ1v) is 11.1. The Morgan fingerprint density at radius 1 is 0.548 bits per heavy atom. The molecule has 6 aromatic rings. The highest BCUT2D eigenvalue weighted by Gasteiger charge is 2.19. The van der Waals surface area contributed by atoms with Crippen LogP contribution < -0.4 is 4.90 Å². The number of fused-ring (bicyclic) bond motifs is 2. The number of aryl methyl sites for hydroxylation is 1. The van der Waals surface area contributed by atoms with E-state index in [0.717, 1.165) is 0 Å². The molecule has 1 heteroatoms. The molecule has 0 aliphatic rings. The Balaban J connectivity index is 1.75. The van der Waals surface area contributed by atoms with Crippen molar-refractivity contribution in [2.24, 2.45) is 0 Å². The maximum absolute atomic E-state index is 2.46. The maximum Gasteiger partial charge on any atom is 0.0493 e. The Morgan fingerprint density at radius 3 is 1.74 bits per heavy atom. The molecule has 0 N–H and O–H groups in total. The fourth-order valence-electron chi connectivity index (χ4n) is 5.26. The lowest BCUT2D eigenvalue weighted by atomic mass is 9.89. The van der Waals surface area contributed by atoms with E-state index in [1.54, 1.807) is 0 Å². The first-order valence-electron chi connectivity index (χ1n) is 11.1. The molecule has 0 saturated heterocycles. The van der Waals surface area contributed by atoms with E-state index in [1.165, 1.54) is 60.0 Å². The van der Waals surface area contributed by atoms with Crippen LogP contribution in [0.2, 0.25) is 0 Å². The van der Waals surface area contributed by atoms with Crippen molar-refractivity contribution < 1.29 is 0 Å². The van der Waals surface area contributed by atoms with Crippen LogP contribution in [-0.2, 0) is 0 Å². The first kappa shape index (κ1) is 18.2. The van der Waals surface area contributed by atoms with Gasteiger partial charge in [0.1, 0.15) is 0 Å². The quantitative estimate of drug-likeness (QED) is 0.213. The lowest BCUT2D eigenvalue weighted by molar-refractivity contribution is 0.791. The Kier molecular flexibility index (Phi) is 3.94. The third kappa shape index (κ3) is 2.63. The summed E-state index contributed by atoms with van der Waals surface area (Å²) in [7, 11) is 0. The molecule has 0 aliphatic carbocycles. The van der Waals surface area contributed by atoms with Gasteiger partial charge in [-0.1, -0.05) is 78.4 Å². The molecule has 0 aromatic heterocycles. The van der Waals surface area contributed by atoms with Crippen molar-refractivity contribution in [2.75, 3.05) is 4.90 Å². The number of anilines is 2. The van der Waals surface area contributed by atoms with Crippen molar-refractivity contribution >= 4 is 54.5 Å². The molecular formula is C30H25N. The highest BCUT2D eigenvalue weighted by atomic mass is 15.2. The molecule has 0 fully saturated rings. The number of hydrogen-bond donors (Lipinski definition) is 0. The van der Waals surface area contributed by atoms with Crippen LogP contribution in [0, 0.1) is 6.92 Å². The van der Waals surface area contributed by atoms with Gasteiger partial charge in [0.15, 0.2) is 0 Å². The van der Waals surface area contributed by atoms with E-state index >= 15 is 0 Å². The van der Waals surface area contributed by atoms with Gasteiger partial charge in [-0.05, 0) is 76.7 Å². The molecule has 0 saturated carbocycles. The van der Waals surface area contributed by atoms with Crippen LogP contribution >= 0.6 is 0 Å². The Hall–Kier alpha value is -3.58. The van der Waals surface area contributed by atoms with Crippen LogP contribution in [0.5, 0.6) is 0 Å². The van der Waals surface area contributed by atoms with Crippen molar-refractivity contribution in [1.29, 1.82) is 0 Å². The van der Waals surface area contributed by atoms with E-state index in [1.807, 2.05) is 0 Å². The second kappa shape index (κ2) is 6.72. The van der Waals surface area contributed by atoms with Crippen molar-refractivity contribution in [2.45, 2.75) is 26.8 Å². The van der Waals surface area contributed by atoms with Gasteiger partial charge in [0.05, 0.1) is 0 Å². The van der Waals surface area contributed by atoms with Crippen LogP contribution in [0.1, 0.15) is 19.4 Å². The third-order valence-corrected chi connectivity index (χ3v) is 6.59. The van der Waals surface area contributed by atoms with Crippen LogP contribution in [0.3, 0.4) is 0 Å². The van der Waals surface area contributed by atoms with Crippen LogP contribution in [0.15, 0.2) is 91.0 Å². The predicted octanol–water partition coefficient (Wildman–Crippen LogP) is 8.59. The number of hydrogen-bond acceptors (Lipinski definition) is 1. The average Bonchev–Trinajstić information content (AvgIpc) is 2.79. The molecule has 0 unspecified atom stereocenters. The standard InChI is InChI=1S/C30H25N/c1-19(2)31(22-15-13-20(3)14-16-22)28-18-17-26-24-10-5-8-21-7-4-9-23(29(21)24)25-11-6-12-27(28)30(25)26/h4-19H,1-3H3. The molecule has 150 valence electrons. The van der Waals surface area contributed by atoms with Crippen molar-refractivity contribution in [3.63, 3.8) is 0 Å². The van der Waals surface area contributed by atoms with Crippen LogP contribution in [0.25, 0.3) is 43.1 Å². The Morgan fingerprint density at radius 2 is 1.10 bits per heavy atom. The normalized spacial score (nSPS) is 12.0. The molecule has 0 aliphatic heterocycles. The molecule has 31 heavy (non-hydrogen) atoms. The highest BCUT2D eigenvalue weighted by molar-refractivity contribution is 6.34. The molecule has 1 nitrogen and oxygen atoms in total. The summed E-state index contributed by atoms with van der Waals surface area (Å²) in [4.78, 5) is 2.46. The molecule has 6 rings (SSSR count). The van der Waals surface area contributed by atoms with Gasteiger partial charge in [-0.2, -0.15) is 0 Å². The molecule has 0 spiro atoms. The van der Waals surface area contributed by atoms with Gasteiger partial charge in [0.25, 0.3) is 0 Å². The fraction of sp³-hybridized carbons (Fsp3) is 0.133. The average molecular weight is 400 g/mol. The van der Waals surface area contributed by atoms with Crippen molar-refractivity contribution in [3.05, 3.63) is 96.6 Å². The molecule has 6 aromatic carbocycles. The number of benzene rings is 6. The minimum absolute atomic E-state index is 0.346. The number of rotatable bonds is 3. The first-order chi connectivity index (χ1) is 15.1. The van der Waals surface area contributed by atoms with E-state index < -0.39 is 0 Å². The van der Waals surface area contributed by atoms with Crippen LogP contribution in [0.4, 0.5) is 11.4 Å². The molecule has 0 atom stereocenters. The zero-order valence-corrected chi connectivity index (χ0v) is 18.2. The third-order valence-electron chi connectivity index (χ3n) is 6.59. The van der Waals surface area contributed by atoms with E-state index in [2.05, 4.69) is 117 Å². The molecule has 0 radical (unpaired) electrons. The zero-order valence-electron chi connectivity index (χ0n) is 18.2. The Labute approximate surface area is 182 Å².